The van der Waals surface area contributed by atoms with E-state index in [1.54, 1.807) is 37.4 Å². The quantitative estimate of drug-likeness (QED) is 0.344. The number of aliphatic hydroxyl groups is 4. The third-order valence-electron chi connectivity index (χ3n) is 4.78. The number of rotatable bonds is 7. The molecule has 1 aliphatic rings. The Morgan fingerprint density at radius 3 is 2.60 bits per heavy atom. The molecule has 0 spiro atoms. The van der Waals surface area contributed by atoms with Crippen LogP contribution in [0.1, 0.15) is 16.1 Å². The Kier molecular flexibility index (Phi) is 6.85. The highest BCUT2D eigenvalue weighted by Gasteiger charge is 2.44. The number of carbonyl (C=O) groups excluding carboxylic acids is 1. The molecule has 1 aliphatic heterocycles. The van der Waals surface area contributed by atoms with Crippen molar-refractivity contribution in [2.75, 3.05) is 13.7 Å². The first-order valence-corrected chi connectivity index (χ1v) is 9.21. The summed E-state index contributed by atoms with van der Waals surface area (Å²) in [5.74, 6) is 0.287. The normalized spacial score (nSPS) is 26.7. The lowest BCUT2D eigenvalue weighted by molar-refractivity contribution is -0.277. The van der Waals surface area contributed by atoms with E-state index in [-0.39, 0.29) is 11.5 Å². The highest BCUT2D eigenvalue weighted by molar-refractivity contribution is 6.05. The summed E-state index contributed by atoms with van der Waals surface area (Å²) in [6.07, 6.45) is -2.43. The van der Waals surface area contributed by atoms with Gasteiger partial charge in [0.15, 0.2) is 11.5 Å². The van der Waals surface area contributed by atoms with Gasteiger partial charge in [-0.1, -0.05) is 12.1 Å². The van der Waals surface area contributed by atoms with Crippen LogP contribution in [0.15, 0.2) is 36.5 Å². The number of benzene rings is 1. The number of nitrogens with zero attached hydrogens (tertiary/aromatic N) is 2. The fraction of sp³-hybridized carbons (Fsp3) is 0.400. The predicted octanol–water partition coefficient (Wildman–Crippen LogP) is -0.497. The van der Waals surface area contributed by atoms with Gasteiger partial charge in [0.05, 0.1) is 13.7 Å². The Hall–Kier alpha value is -2.76. The molecule has 3 rings (SSSR count). The van der Waals surface area contributed by atoms with Crippen LogP contribution in [0.2, 0.25) is 0 Å². The van der Waals surface area contributed by atoms with Gasteiger partial charge in [-0.3, -0.25) is 9.48 Å². The van der Waals surface area contributed by atoms with Crippen molar-refractivity contribution in [2.45, 2.75) is 30.7 Å². The largest absolute Gasteiger partial charge is 0.493 e. The topological polar surface area (TPSA) is 144 Å². The molecule has 162 valence electrons. The van der Waals surface area contributed by atoms with E-state index in [0.29, 0.717) is 17.0 Å². The fourth-order valence-electron chi connectivity index (χ4n) is 3.05. The molecule has 2 heterocycles. The lowest BCUT2D eigenvalue weighted by Crippen LogP contribution is -2.60. The highest BCUT2D eigenvalue weighted by atomic mass is 16.7. The number of ketones is 1. The summed E-state index contributed by atoms with van der Waals surface area (Å²) in [5, 5.41) is 43.1. The fourth-order valence-corrected chi connectivity index (χ4v) is 3.05. The molecule has 0 amide bonds. The molecule has 10 heteroatoms. The van der Waals surface area contributed by atoms with Crippen LogP contribution in [-0.4, -0.2) is 80.4 Å². The lowest BCUT2D eigenvalue weighted by Gasteiger charge is -2.39. The Labute approximate surface area is 172 Å². The molecule has 1 aromatic carbocycles. The van der Waals surface area contributed by atoms with Crippen LogP contribution in [0, 0.1) is 0 Å². The van der Waals surface area contributed by atoms with Crippen LogP contribution < -0.4 is 9.47 Å². The van der Waals surface area contributed by atoms with Crippen molar-refractivity contribution in [3.8, 4) is 11.5 Å². The molecule has 10 nitrogen and oxygen atoms in total. The van der Waals surface area contributed by atoms with Crippen molar-refractivity contribution in [1.82, 2.24) is 9.78 Å². The molecule has 2 aromatic rings. The second-order valence-electron chi connectivity index (χ2n) is 6.76. The highest BCUT2D eigenvalue weighted by Crippen LogP contribution is 2.32. The molecule has 0 radical (unpaired) electrons. The Bertz CT molecular complexity index is 910. The number of allylic oxidation sites excluding steroid dienone is 1. The van der Waals surface area contributed by atoms with Crippen LogP contribution in [0.3, 0.4) is 0 Å². The van der Waals surface area contributed by atoms with Gasteiger partial charge in [-0.25, -0.2) is 0 Å². The minimum Gasteiger partial charge on any atom is -0.493 e. The van der Waals surface area contributed by atoms with Crippen molar-refractivity contribution in [1.29, 1.82) is 0 Å². The number of hydrogen-bond acceptors (Lipinski definition) is 9. The van der Waals surface area contributed by atoms with Crippen LogP contribution in [0.4, 0.5) is 0 Å². The Morgan fingerprint density at radius 1 is 1.20 bits per heavy atom. The van der Waals surface area contributed by atoms with Gasteiger partial charge in [0, 0.05) is 13.2 Å². The van der Waals surface area contributed by atoms with E-state index in [2.05, 4.69) is 5.10 Å². The summed E-state index contributed by atoms with van der Waals surface area (Å²) in [5.41, 5.74) is 1.10. The molecular formula is C20H24N2O8. The van der Waals surface area contributed by atoms with Crippen LogP contribution in [-0.2, 0) is 11.8 Å². The Balaban J connectivity index is 1.75. The molecule has 0 bridgehead atoms. The van der Waals surface area contributed by atoms with Gasteiger partial charge in [-0.05, 0) is 29.8 Å². The molecule has 1 aromatic heterocycles. The molecule has 4 N–H and O–H groups in total. The lowest BCUT2D eigenvalue weighted by atomic mass is 9.99. The molecule has 1 fully saturated rings. The van der Waals surface area contributed by atoms with Crippen molar-refractivity contribution in [3.05, 3.63) is 47.8 Å². The van der Waals surface area contributed by atoms with Gasteiger partial charge in [0.2, 0.25) is 12.1 Å². The second-order valence-corrected chi connectivity index (χ2v) is 6.76. The van der Waals surface area contributed by atoms with Gasteiger partial charge >= 0.3 is 0 Å². The zero-order chi connectivity index (χ0) is 21.8. The number of carbonyl (C=O) groups is 1. The van der Waals surface area contributed by atoms with E-state index in [0.717, 1.165) is 0 Å². The zero-order valence-corrected chi connectivity index (χ0v) is 16.5. The van der Waals surface area contributed by atoms with Gasteiger partial charge < -0.3 is 34.6 Å². The average molecular weight is 420 g/mol. The summed E-state index contributed by atoms with van der Waals surface area (Å²) in [7, 11) is 3.10. The zero-order valence-electron chi connectivity index (χ0n) is 16.5. The number of methoxy groups -OCH3 is 1. The van der Waals surface area contributed by atoms with Crippen molar-refractivity contribution >= 4 is 11.9 Å². The van der Waals surface area contributed by atoms with Crippen LogP contribution in [0.25, 0.3) is 6.08 Å². The maximum Gasteiger partial charge on any atom is 0.229 e. The molecule has 0 saturated carbocycles. The predicted molar refractivity (Wildman–Crippen MR) is 104 cm³/mol. The third kappa shape index (κ3) is 4.53. The third-order valence-corrected chi connectivity index (χ3v) is 4.78. The average Bonchev–Trinajstić information content (AvgIpc) is 3.18. The van der Waals surface area contributed by atoms with E-state index in [4.69, 9.17) is 14.2 Å². The van der Waals surface area contributed by atoms with Crippen molar-refractivity contribution < 1.29 is 39.4 Å². The summed E-state index contributed by atoms with van der Waals surface area (Å²) in [6.45, 7) is -0.559. The monoisotopic (exact) mass is 420 g/mol. The number of hydrogen-bond donors (Lipinski definition) is 4. The smallest absolute Gasteiger partial charge is 0.229 e. The van der Waals surface area contributed by atoms with Gasteiger partial charge in [0.1, 0.15) is 30.1 Å². The minimum absolute atomic E-state index is 0.206. The summed E-state index contributed by atoms with van der Waals surface area (Å²) in [6, 6.07) is 6.44. The molecule has 0 unspecified atom stereocenters. The number of aryl methyl sites for hydroxylation is 1. The van der Waals surface area contributed by atoms with Crippen LogP contribution >= 0.6 is 0 Å². The second kappa shape index (κ2) is 9.37. The number of aliphatic hydroxyl groups excluding tert-OH is 4. The first-order chi connectivity index (χ1) is 14.3. The molecule has 1 saturated heterocycles. The van der Waals surface area contributed by atoms with E-state index in [9.17, 15) is 25.2 Å². The minimum atomic E-state index is -1.55. The van der Waals surface area contributed by atoms with E-state index in [1.165, 1.54) is 24.1 Å². The van der Waals surface area contributed by atoms with E-state index < -0.39 is 37.3 Å². The molecule has 5 atom stereocenters. The number of ether oxygens (including phenoxy) is 3. The van der Waals surface area contributed by atoms with Crippen molar-refractivity contribution in [2.24, 2.45) is 7.05 Å². The summed E-state index contributed by atoms with van der Waals surface area (Å²) in [4.78, 5) is 12.2. The van der Waals surface area contributed by atoms with Gasteiger partial charge in [-0.15, -0.1) is 0 Å². The molecule has 0 aliphatic carbocycles. The van der Waals surface area contributed by atoms with Crippen molar-refractivity contribution in [3.63, 3.8) is 0 Å². The molecule has 30 heavy (non-hydrogen) atoms. The van der Waals surface area contributed by atoms with E-state index >= 15 is 0 Å². The van der Waals surface area contributed by atoms with Crippen LogP contribution in [0.5, 0.6) is 11.5 Å². The summed E-state index contributed by atoms with van der Waals surface area (Å²) >= 11 is 0. The number of aromatic nitrogens is 2. The maximum absolute atomic E-state index is 12.2. The van der Waals surface area contributed by atoms with Gasteiger partial charge in [0.25, 0.3) is 0 Å². The Morgan fingerprint density at radius 2 is 1.97 bits per heavy atom. The first-order valence-electron chi connectivity index (χ1n) is 9.21. The van der Waals surface area contributed by atoms with Gasteiger partial charge in [-0.2, -0.15) is 5.10 Å². The standard InChI is InChI=1S/C20H24N2O8/c1-22-12(7-8-21-22)13(24)5-3-11-4-6-14(15(9-11)28-2)29-20-19(27)18(26)17(25)16(10-23)30-20/h3-9,16-20,23,25-27H,10H2,1-2H3/b5-3+/t16-,17+,18+,19-,20-/m1/s1. The molecular weight excluding hydrogens is 396 g/mol. The first kappa shape index (κ1) is 21.9. The maximum atomic E-state index is 12.2. The summed E-state index contributed by atoms with van der Waals surface area (Å²) < 4.78 is 17.7. The SMILES string of the molecule is COc1cc(/C=C/C(=O)c2ccnn2C)ccc1O[C@@H]1O[C@H](CO)[C@H](O)[C@H](O)[C@H]1O. The van der Waals surface area contributed by atoms with E-state index in [1.807, 2.05) is 0 Å².